The molecule has 0 aromatic rings. The van der Waals surface area contributed by atoms with Gasteiger partial charge in [-0.25, -0.2) is 9.78 Å². The molecule has 1 N–H and O–H groups in total. The maximum Gasteiger partial charge on any atom is 0.0873 e. The average molecular weight is 162 g/mol. The van der Waals surface area contributed by atoms with Crippen LogP contribution in [0.15, 0.2) is 0 Å². The quantitative estimate of drug-likeness (QED) is 0.473. The first-order valence-electron chi connectivity index (χ1n) is 4.06. The molecule has 0 rings (SSSR count). The lowest BCUT2D eigenvalue weighted by atomic mass is 10.1. The highest BCUT2D eigenvalue weighted by Crippen LogP contribution is 2.02. The van der Waals surface area contributed by atoms with Gasteiger partial charge >= 0.3 is 0 Å². The van der Waals surface area contributed by atoms with Crippen LogP contribution in [0.3, 0.4) is 0 Å². The first-order chi connectivity index (χ1) is 5.16. The minimum absolute atomic E-state index is 0.108. The molecule has 1 atom stereocenters. The molecule has 68 valence electrons. The standard InChI is InChI=1S/C8H18O3/c1-7(2)11-10-6-8(3)4-5-9/h7-9H,4-6H2,1-3H3. The van der Waals surface area contributed by atoms with E-state index in [-0.39, 0.29) is 12.7 Å². The second-order valence-electron chi connectivity index (χ2n) is 3.05. The number of hydrogen-bond donors (Lipinski definition) is 1. The van der Waals surface area contributed by atoms with Gasteiger partial charge in [-0.05, 0) is 26.2 Å². The summed E-state index contributed by atoms with van der Waals surface area (Å²) in [4.78, 5) is 9.78. The van der Waals surface area contributed by atoms with E-state index in [2.05, 4.69) is 0 Å². The fourth-order valence-corrected chi connectivity index (χ4v) is 0.595. The molecule has 0 aliphatic rings. The molecule has 0 spiro atoms. The Kier molecular flexibility index (Phi) is 6.51. The van der Waals surface area contributed by atoms with Crippen molar-refractivity contribution in [2.75, 3.05) is 13.2 Å². The number of aliphatic hydroxyl groups excluding tert-OH is 1. The van der Waals surface area contributed by atoms with Crippen molar-refractivity contribution in [1.82, 2.24) is 0 Å². The molecule has 1 unspecified atom stereocenters. The summed E-state index contributed by atoms with van der Waals surface area (Å²) in [5, 5.41) is 8.55. The average Bonchev–Trinajstić information content (AvgIpc) is 1.87. The summed E-state index contributed by atoms with van der Waals surface area (Å²) in [6.07, 6.45) is 0.873. The van der Waals surface area contributed by atoms with Crippen molar-refractivity contribution in [3.8, 4) is 0 Å². The zero-order valence-electron chi connectivity index (χ0n) is 7.54. The maximum absolute atomic E-state index is 8.55. The van der Waals surface area contributed by atoms with Gasteiger partial charge in [0.15, 0.2) is 0 Å². The molecule has 0 amide bonds. The van der Waals surface area contributed by atoms with Gasteiger partial charge in [0, 0.05) is 6.61 Å². The molecule has 0 aliphatic carbocycles. The molecular weight excluding hydrogens is 144 g/mol. The van der Waals surface area contributed by atoms with E-state index < -0.39 is 0 Å². The van der Waals surface area contributed by atoms with Gasteiger partial charge in [0.1, 0.15) is 0 Å². The predicted octanol–water partition coefficient (Wildman–Crippen LogP) is 1.36. The van der Waals surface area contributed by atoms with Crippen LogP contribution in [0.4, 0.5) is 0 Å². The van der Waals surface area contributed by atoms with E-state index in [1.54, 1.807) is 0 Å². The van der Waals surface area contributed by atoms with Gasteiger partial charge in [0.05, 0.1) is 12.7 Å². The van der Waals surface area contributed by atoms with E-state index in [1.807, 2.05) is 20.8 Å². The van der Waals surface area contributed by atoms with Crippen LogP contribution in [0.25, 0.3) is 0 Å². The molecule has 0 saturated carbocycles. The molecule has 3 heteroatoms. The SMILES string of the molecule is CC(CCO)COOC(C)C. The van der Waals surface area contributed by atoms with Gasteiger partial charge in [-0.1, -0.05) is 6.92 Å². The van der Waals surface area contributed by atoms with E-state index >= 15 is 0 Å². The highest BCUT2D eigenvalue weighted by Gasteiger charge is 2.02. The Morgan fingerprint density at radius 3 is 2.36 bits per heavy atom. The normalized spacial score (nSPS) is 13.9. The van der Waals surface area contributed by atoms with Crippen LogP contribution in [-0.4, -0.2) is 24.4 Å². The van der Waals surface area contributed by atoms with Gasteiger partial charge < -0.3 is 5.11 Å². The summed E-state index contributed by atoms with van der Waals surface area (Å²) in [5.74, 6) is 0.360. The lowest BCUT2D eigenvalue weighted by Gasteiger charge is -2.10. The molecule has 0 fully saturated rings. The zero-order chi connectivity index (χ0) is 8.69. The predicted molar refractivity (Wildman–Crippen MR) is 43.0 cm³/mol. The van der Waals surface area contributed by atoms with Crippen molar-refractivity contribution < 1.29 is 14.9 Å². The third kappa shape index (κ3) is 7.78. The van der Waals surface area contributed by atoms with Crippen molar-refractivity contribution in [2.24, 2.45) is 5.92 Å². The minimum Gasteiger partial charge on any atom is -0.396 e. The van der Waals surface area contributed by atoms with Crippen molar-refractivity contribution in [3.63, 3.8) is 0 Å². The molecule has 3 nitrogen and oxygen atoms in total. The highest BCUT2D eigenvalue weighted by molar-refractivity contribution is 4.47. The first-order valence-corrected chi connectivity index (χ1v) is 4.06. The molecule has 0 radical (unpaired) electrons. The lowest BCUT2D eigenvalue weighted by Crippen LogP contribution is -2.11. The highest BCUT2D eigenvalue weighted by atomic mass is 17.2. The Morgan fingerprint density at radius 2 is 1.91 bits per heavy atom. The fraction of sp³-hybridized carbons (Fsp3) is 1.00. The van der Waals surface area contributed by atoms with E-state index in [0.717, 1.165) is 6.42 Å². The number of aliphatic hydroxyl groups is 1. The summed E-state index contributed by atoms with van der Waals surface area (Å²) < 4.78 is 0. The molecule has 0 bridgehead atoms. The molecule has 11 heavy (non-hydrogen) atoms. The monoisotopic (exact) mass is 162 g/mol. The van der Waals surface area contributed by atoms with E-state index in [4.69, 9.17) is 14.9 Å². The van der Waals surface area contributed by atoms with Crippen LogP contribution in [0.2, 0.25) is 0 Å². The molecular formula is C8H18O3. The molecule has 0 heterocycles. The summed E-state index contributed by atoms with van der Waals surface area (Å²) in [5.41, 5.74) is 0. The summed E-state index contributed by atoms with van der Waals surface area (Å²) in [6, 6.07) is 0. The van der Waals surface area contributed by atoms with Crippen LogP contribution in [0.5, 0.6) is 0 Å². The van der Waals surface area contributed by atoms with Gasteiger partial charge in [-0.3, -0.25) is 0 Å². The maximum atomic E-state index is 8.55. The van der Waals surface area contributed by atoms with E-state index in [9.17, 15) is 0 Å². The van der Waals surface area contributed by atoms with E-state index in [1.165, 1.54) is 0 Å². The van der Waals surface area contributed by atoms with Crippen molar-refractivity contribution in [2.45, 2.75) is 33.3 Å². The molecule has 0 aromatic carbocycles. The second kappa shape index (κ2) is 6.58. The first kappa shape index (κ1) is 10.9. The smallest absolute Gasteiger partial charge is 0.0873 e. The van der Waals surface area contributed by atoms with Gasteiger partial charge in [0.2, 0.25) is 0 Å². The largest absolute Gasteiger partial charge is 0.396 e. The summed E-state index contributed by atoms with van der Waals surface area (Å²) in [7, 11) is 0. The second-order valence-corrected chi connectivity index (χ2v) is 3.05. The Morgan fingerprint density at radius 1 is 1.27 bits per heavy atom. The Bertz CT molecular complexity index is 83.4. The van der Waals surface area contributed by atoms with Crippen LogP contribution in [-0.2, 0) is 9.78 Å². The van der Waals surface area contributed by atoms with Gasteiger partial charge in [-0.2, -0.15) is 0 Å². The Labute approximate surface area is 68.2 Å². The lowest BCUT2D eigenvalue weighted by molar-refractivity contribution is -0.322. The third-order valence-electron chi connectivity index (χ3n) is 1.23. The summed E-state index contributed by atoms with van der Waals surface area (Å²) >= 11 is 0. The van der Waals surface area contributed by atoms with Crippen molar-refractivity contribution in [1.29, 1.82) is 0 Å². The molecule has 0 aliphatic heterocycles. The van der Waals surface area contributed by atoms with E-state index in [0.29, 0.717) is 12.5 Å². The minimum atomic E-state index is 0.108. The molecule has 0 aromatic heterocycles. The zero-order valence-corrected chi connectivity index (χ0v) is 7.54. The topological polar surface area (TPSA) is 38.7 Å². The van der Waals surface area contributed by atoms with Crippen LogP contribution >= 0.6 is 0 Å². The number of hydrogen-bond acceptors (Lipinski definition) is 3. The van der Waals surface area contributed by atoms with Gasteiger partial charge in [0.25, 0.3) is 0 Å². The fourth-order valence-electron chi connectivity index (χ4n) is 0.595. The molecule has 0 saturated heterocycles. The van der Waals surface area contributed by atoms with Crippen LogP contribution in [0, 0.1) is 5.92 Å². The van der Waals surface area contributed by atoms with Crippen LogP contribution < -0.4 is 0 Å². The van der Waals surface area contributed by atoms with Crippen molar-refractivity contribution in [3.05, 3.63) is 0 Å². The Balaban J connectivity index is 3.10. The van der Waals surface area contributed by atoms with Crippen LogP contribution in [0.1, 0.15) is 27.2 Å². The van der Waals surface area contributed by atoms with Crippen molar-refractivity contribution >= 4 is 0 Å². The number of rotatable bonds is 6. The Hall–Kier alpha value is -0.120. The third-order valence-corrected chi connectivity index (χ3v) is 1.23. The summed E-state index contributed by atoms with van der Waals surface area (Å²) in [6.45, 7) is 6.61. The van der Waals surface area contributed by atoms with Gasteiger partial charge in [-0.15, -0.1) is 0 Å².